The molecule has 1 N–H and O–H groups in total. The largest absolute Gasteiger partial charge is 0.366 e. The second-order valence-electron chi connectivity index (χ2n) is 8.04. The monoisotopic (exact) mass is 437 g/mol. The minimum Gasteiger partial charge on any atom is -0.366 e. The van der Waals surface area contributed by atoms with Gasteiger partial charge in [-0.15, -0.1) is 11.3 Å². The molecule has 0 spiro atoms. The van der Waals surface area contributed by atoms with Crippen LogP contribution < -0.4 is 10.2 Å². The topological polar surface area (TPSA) is 53.9 Å². The molecule has 1 fully saturated rings. The summed E-state index contributed by atoms with van der Waals surface area (Å²) in [5.41, 5.74) is 1.69. The Labute approximate surface area is 182 Å². The van der Waals surface area contributed by atoms with Crippen LogP contribution in [0.15, 0.2) is 42.6 Å². The Kier molecular flexibility index (Phi) is 4.81. The van der Waals surface area contributed by atoms with Gasteiger partial charge >= 0.3 is 0 Å². The van der Waals surface area contributed by atoms with Crippen molar-refractivity contribution in [3.8, 4) is 11.4 Å². The van der Waals surface area contributed by atoms with Crippen molar-refractivity contribution in [3.63, 3.8) is 0 Å². The normalized spacial score (nSPS) is 17.7. The first-order valence-electron chi connectivity index (χ1n) is 10.0. The fourth-order valence-electron chi connectivity index (χ4n) is 3.72. The van der Waals surface area contributed by atoms with E-state index in [1.807, 2.05) is 38.1 Å². The molecule has 0 unspecified atom stereocenters. The van der Waals surface area contributed by atoms with Gasteiger partial charge in [-0.2, -0.15) is 0 Å². The molecule has 158 valence electrons. The number of pyridine rings is 1. The second kappa shape index (κ2) is 7.53. The van der Waals surface area contributed by atoms with Crippen molar-refractivity contribution in [1.82, 2.24) is 15.0 Å². The van der Waals surface area contributed by atoms with Gasteiger partial charge < -0.3 is 10.2 Å². The van der Waals surface area contributed by atoms with Crippen molar-refractivity contribution < 1.29 is 8.78 Å². The molecule has 5 rings (SSSR count). The molecule has 8 heteroatoms. The molecule has 0 saturated heterocycles. The molecule has 1 saturated carbocycles. The zero-order chi connectivity index (χ0) is 21.7. The van der Waals surface area contributed by atoms with Crippen LogP contribution >= 0.6 is 11.3 Å². The van der Waals surface area contributed by atoms with Crippen LogP contribution in [-0.4, -0.2) is 35.1 Å². The van der Waals surface area contributed by atoms with Gasteiger partial charge in [0.05, 0.1) is 5.39 Å². The van der Waals surface area contributed by atoms with Gasteiger partial charge in [0.25, 0.3) is 0 Å². The highest BCUT2D eigenvalue weighted by molar-refractivity contribution is 7.18. The summed E-state index contributed by atoms with van der Waals surface area (Å²) in [4.78, 5) is 18.0. The van der Waals surface area contributed by atoms with Crippen LogP contribution in [0.1, 0.15) is 22.8 Å². The number of anilines is 2. The fourth-order valence-corrected chi connectivity index (χ4v) is 4.60. The van der Waals surface area contributed by atoms with Crippen LogP contribution in [0.25, 0.3) is 21.6 Å². The first-order chi connectivity index (χ1) is 14.9. The number of nitrogens with zero attached hydrogens (tertiary/aromatic N) is 4. The molecule has 0 amide bonds. The third kappa shape index (κ3) is 3.83. The van der Waals surface area contributed by atoms with E-state index in [-0.39, 0.29) is 12.0 Å². The lowest BCUT2D eigenvalue weighted by Gasteiger charge is -2.13. The Morgan fingerprint density at radius 1 is 1.06 bits per heavy atom. The average Bonchev–Trinajstić information content (AvgIpc) is 3.40. The summed E-state index contributed by atoms with van der Waals surface area (Å²) in [6.45, 7) is 2.05. The van der Waals surface area contributed by atoms with E-state index in [9.17, 15) is 8.78 Å². The molecular formula is C23H21F2N5S. The van der Waals surface area contributed by atoms with Crippen LogP contribution in [0, 0.1) is 18.6 Å². The van der Waals surface area contributed by atoms with Crippen molar-refractivity contribution in [1.29, 1.82) is 0 Å². The highest BCUT2D eigenvalue weighted by Crippen LogP contribution is 2.44. The smallest absolute Gasteiger partial charge is 0.163 e. The molecule has 0 bridgehead atoms. The summed E-state index contributed by atoms with van der Waals surface area (Å²) >= 11 is 1.63. The summed E-state index contributed by atoms with van der Waals surface area (Å²) in [5.74, 6) is 0.732. The molecule has 31 heavy (non-hydrogen) atoms. The molecule has 5 nitrogen and oxygen atoms in total. The Hall–Kier alpha value is -3.13. The maximum Gasteiger partial charge on any atom is 0.163 e. The van der Waals surface area contributed by atoms with Gasteiger partial charge in [0.2, 0.25) is 0 Å². The SMILES string of the molecule is Cc1cc2c(N[C@@H]3C[C@H]3c3ccc(F)c(F)c3)nc(-c3ccnc(N(C)C)c3)nc2s1. The summed E-state index contributed by atoms with van der Waals surface area (Å²) in [6, 6.07) is 10.2. The van der Waals surface area contributed by atoms with E-state index in [2.05, 4.69) is 16.4 Å². The third-order valence-corrected chi connectivity index (χ3v) is 6.41. The number of benzene rings is 1. The summed E-state index contributed by atoms with van der Waals surface area (Å²) < 4.78 is 26.9. The summed E-state index contributed by atoms with van der Waals surface area (Å²) in [5, 5.41) is 4.49. The molecule has 1 aliphatic rings. The lowest BCUT2D eigenvalue weighted by molar-refractivity contribution is 0.507. The van der Waals surface area contributed by atoms with Crippen molar-refractivity contribution >= 4 is 33.2 Å². The molecule has 2 atom stereocenters. The van der Waals surface area contributed by atoms with Crippen LogP contribution in [-0.2, 0) is 0 Å². The minimum atomic E-state index is -0.820. The van der Waals surface area contributed by atoms with Crippen molar-refractivity contribution in [2.75, 3.05) is 24.3 Å². The molecule has 1 aromatic carbocycles. The van der Waals surface area contributed by atoms with E-state index < -0.39 is 11.6 Å². The van der Waals surface area contributed by atoms with E-state index in [0.717, 1.165) is 44.3 Å². The predicted molar refractivity (Wildman–Crippen MR) is 121 cm³/mol. The summed E-state index contributed by atoms with van der Waals surface area (Å²) in [6.07, 6.45) is 2.60. The standard InChI is InChI=1S/C23H21F2N5S/c1-12-8-16-22(27-19-11-15(19)13-4-5-17(24)18(25)9-13)28-21(29-23(16)31-12)14-6-7-26-20(10-14)30(2)3/h4-10,15,19H,11H2,1-3H3,(H,27,28,29)/t15-,19+/m0/s1. The van der Waals surface area contributed by atoms with E-state index in [1.54, 1.807) is 23.6 Å². The number of thiophene rings is 1. The maximum atomic E-state index is 13.6. The Morgan fingerprint density at radius 2 is 1.90 bits per heavy atom. The number of hydrogen-bond donors (Lipinski definition) is 1. The van der Waals surface area contributed by atoms with Gasteiger partial charge in [-0.25, -0.2) is 23.7 Å². The van der Waals surface area contributed by atoms with Gasteiger partial charge in [-0.1, -0.05) is 6.07 Å². The first kappa shape index (κ1) is 19.8. The number of halogens is 2. The van der Waals surface area contributed by atoms with Crippen molar-refractivity contribution in [3.05, 3.63) is 64.7 Å². The predicted octanol–water partition coefficient (Wildman–Crippen LogP) is 5.37. The van der Waals surface area contributed by atoms with E-state index in [4.69, 9.17) is 9.97 Å². The van der Waals surface area contributed by atoms with Gasteiger partial charge in [-0.05, 0) is 49.2 Å². The van der Waals surface area contributed by atoms with Crippen molar-refractivity contribution in [2.45, 2.75) is 25.3 Å². The highest BCUT2D eigenvalue weighted by atomic mass is 32.1. The number of rotatable bonds is 5. The maximum absolute atomic E-state index is 13.6. The first-order valence-corrected chi connectivity index (χ1v) is 10.8. The third-order valence-electron chi connectivity index (χ3n) is 5.46. The molecular weight excluding hydrogens is 416 g/mol. The zero-order valence-corrected chi connectivity index (χ0v) is 18.2. The lowest BCUT2D eigenvalue weighted by Crippen LogP contribution is -2.10. The van der Waals surface area contributed by atoms with Crippen LogP contribution in [0.5, 0.6) is 0 Å². The van der Waals surface area contributed by atoms with Crippen molar-refractivity contribution in [2.24, 2.45) is 0 Å². The Bertz CT molecular complexity index is 1290. The van der Waals surface area contributed by atoms with Crippen LogP contribution in [0.3, 0.4) is 0 Å². The minimum absolute atomic E-state index is 0.116. The van der Waals surface area contributed by atoms with E-state index in [1.165, 1.54) is 12.1 Å². The second-order valence-corrected chi connectivity index (χ2v) is 9.27. The van der Waals surface area contributed by atoms with Crippen LogP contribution in [0.4, 0.5) is 20.4 Å². The zero-order valence-electron chi connectivity index (χ0n) is 17.4. The average molecular weight is 438 g/mol. The van der Waals surface area contributed by atoms with E-state index >= 15 is 0 Å². The molecule has 3 heterocycles. The number of fused-ring (bicyclic) bond motifs is 1. The lowest BCUT2D eigenvalue weighted by atomic mass is 10.1. The Morgan fingerprint density at radius 3 is 2.68 bits per heavy atom. The van der Waals surface area contributed by atoms with Gasteiger partial charge in [0.15, 0.2) is 17.5 Å². The van der Waals surface area contributed by atoms with Gasteiger partial charge in [-0.3, -0.25) is 0 Å². The Balaban J connectivity index is 1.48. The number of aryl methyl sites for hydroxylation is 1. The molecule has 0 aliphatic heterocycles. The summed E-state index contributed by atoms with van der Waals surface area (Å²) in [7, 11) is 3.88. The molecule has 0 radical (unpaired) electrons. The highest BCUT2D eigenvalue weighted by Gasteiger charge is 2.39. The van der Waals surface area contributed by atoms with Gasteiger partial charge in [0, 0.05) is 42.7 Å². The fraction of sp³-hybridized carbons (Fsp3) is 0.261. The molecule has 1 aliphatic carbocycles. The number of hydrogen-bond acceptors (Lipinski definition) is 6. The molecule has 4 aromatic rings. The van der Waals surface area contributed by atoms with E-state index in [0.29, 0.717) is 5.82 Å². The molecule has 3 aromatic heterocycles. The number of aromatic nitrogens is 3. The number of nitrogens with one attached hydrogen (secondary N) is 1. The van der Waals surface area contributed by atoms with Gasteiger partial charge in [0.1, 0.15) is 16.5 Å². The quantitative estimate of drug-likeness (QED) is 0.455. The van der Waals surface area contributed by atoms with Crippen LogP contribution in [0.2, 0.25) is 0 Å².